The lowest BCUT2D eigenvalue weighted by Gasteiger charge is -2.48. The van der Waals surface area contributed by atoms with Crippen LogP contribution in [0.5, 0.6) is 0 Å². The Kier molecular flexibility index (Phi) is 8.07. The zero-order valence-electron chi connectivity index (χ0n) is 44.9. The molecule has 10 rings (SSSR count). The molecule has 3 aliphatic carbocycles. The number of aryl methyl sites for hydroxylation is 2. The number of hydrogen-bond acceptors (Lipinski definition) is 2. The van der Waals surface area contributed by atoms with Gasteiger partial charge < -0.3 is 9.80 Å². The van der Waals surface area contributed by atoms with Crippen molar-refractivity contribution in [2.45, 2.75) is 195 Å². The van der Waals surface area contributed by atoms with E-state index >= 15 is 0 Å². The van der Waals surface area contributed by atoms with Gasteiger partial charge in [0.25, 0.3) is 6.71 Å². The van der Waals surface area contributed by atoms with Crippen LogP contribution in [0.15, 0.2) is 66.7 Å². The predicted octanol–water partition coefficient (Wildman–Crippen LogP) is 14.6. The summed E-state index contributed by atoms with van der Waals surface area (Å²) in [5.74, 6) is 0. The van der Waals surface area contributed by atoms with Gasteiger partial charge in [-0.1, -0.05) is 134 Å². The van der Waals surface area contributed by atoms with Crippen LogP contribution in [0.4, 0.5) is 34.1 Å². The molecular weight excluding hydrogens is 759 g/mol. The highest BCUT2D eigenvalue weighted by atomic mass is 15.2. The SMILES string of the molecule is [2H]C([2H])([2H])c1cc2c3c(c1)N(c1ccc4c(c1C)C(C)(C)CCC4(C)C)c1cc4c(cc1B3c1cc(C(C)(C)C)ccc1N2c1cc2c(cc1C)C(C)(C)CCC2(C)C)C(C)(C)CC4(C)C. The van der Waals surface area contributed by atoms with Crippen LogP contribution in [0.2, 0.25) is 0 Å². The summed E-state index contributed by atoms with van der Waals surface area (Å²) in [6.07, 6.45) is 5.59. The third-order valence-corrected chi connectivity index (χ3v) is 17.3. The van der Waals surface area contributed by atoms with Crippen molar-refractivity contribution in [3.05, 3.63) is 122 Å². The zero-order valence-corrected chi connectivity index (χ0v) is 41.9. The predicted molar refractivity (Wildman–Crippen MR) is 275 cm³/mol. The fraction of sp³-hybridized carbons (Fsp3) is 0.500. The first-order chi connectivity index (χ1) is 30.3. The normalized spacial score (nSPS) is 22.1. The number of nitrogens with zero attached hydrogens (tertiary/aromatic N) is 2. The summed E-state index contributed by atoms with van der Waals surface area (Å²) in [6, 6.07) is 26.2. The first-order valence-electron chi connectivity index (χ1n) is 25.7. The van der Waals surface area contributed by atoms with E-state index in [9.17, 15) is 4.11 Å². The van der Waals surface area contributed by atoms with Crippen LogP contribution in [0.1, 0.15) is 196 Å². The minimum Gasteiger partial charge on any atom is -0.311 e. The van der Waals surface area contributed by atoms with E-state index in [2.05, 4.69) is 188 Å². The molecule has 2 heterocycles. The Hall–Kier alpha value is -4.24. The molecule has 0 unspecified atom stereocenters. The van der Waals surface area contributed by atoms with Gasteiger partial charge in [0.05, 0.1) is 0 Å². The summed E-state index contributed by atoms with van der Waals surface area (Å²) >= 11 is 0. The number of anilines is 6. The Bertz CT molecular complexity index is 2920. The Balaban J connectivity index is 1.38. The van der Waals surface area contributed by atoms with Crippen LogP contribution in [0.25, 0.3) is 0 Å². The Morgan fingerprint density at radius 1 is 0.492 bits per heavy atom. The summed E-state index contributed by atoms with van der Waals surface area (Å²) in [6.45, 7) is 38.1. The first kappa shape index (κ1) is 39.2. The smallest absolute Gasteiger partial charge is 0.252 e. The summed E-state index contributed by atoms with van der Waals surface area (Å²) < 4.78 is 27.5. The highest BCUT2D eigenvalue weighted by Gasteiger charge is 2.50. The van der Waals surface area contributed by atoms with Gasteiger partial charge in [-0.05, 0) is 199 Å². The van der Waals surface area contributed by atoms with E-state index in [1.54, 1.807) is 0 Å². The molecule has 63 heavy (non-hydrogen) atoms. The largest absolute Gasteiger partial charge is 0.311 e. The van der Waals surface area contributed by atoms with Gasteiger partial charge in [0.15, 0.2) is 0 Å². The quantitative estimate of drug-likeness (QED) is 0.160. The van der Waals surface area contributed by atoms with Crippen molar-refractivity contribution < 1.29 is 4.11 Å². The highest BCUT2D eigenvalue weighted by molar-refractivity contribution is 7.00. The number of hydrogen-bond donors (Lipinski definition) is 0. The number of fused-ring (bicyclic) bond motifs is 7. The first-order valence-corrected chi connectivity index (χ1v) is 24.2. The third-order valence-electron chi connectivity index (χ3n) is 17.3. The van der Waals surface area contributed by atoms with Crippen LogP contribution < -0.4 is 26.2 Å². The lowest BCUT2D eigenvalue weighted by Crippen LogP contribution is -2.62. The maximum atomic E-state index is 9.18. The molecule has 0 saturated heterocycles. The van der Waals surface area contributed by atoms with Crippen LogP contribution in [0.3, 0.4) is 0 Å². The van der Waals surface area contributed by atoms with Gasteiger partial charge in [0, 0.05) is 38.2 Å². The van der Waals surface area contributed by atoms with Crippen LogP contribution in [-0.2, 0) is 37.9 Å². The molecule has 0 saturated carbocycles. The highest BCUT2D eigenvalue weighted by Crippen LogP contribution is 2.56. The molecule has 328 valence electrons. The molecule has 0 N–H and O–H groups in total. The van der Waals surface area contributed by atoms with Crippen molar-refractivity contribution in [3.63, 3.8) is 0 Å². The molecule has 5 aliphatic rings. The minimum absolute atomic E-state index is 0.00642. The third kappa shape index (κ3) is 6.09. The lowest BCUT2D eigenvalue weighted by molar-refractivity contribution is 0.330. The van der Waals surface area contributed by atoms with Gasteiger partial charge in [0.2, 0.25) is 0 Å². The van der Waals surface area contributed by atoms with E-state index in [-0.39, 0.29) is 44.6 Å². The van der Waals surface area contributed by atoms with Gasteiger partial charge >= 0.3 is 0 Å². The molecule has 5 aromatic carbocycles. The van der Waals surface area contributed by atoms with Gasteiger partial charge in [-0.15, -0.1) is 0 Å². The molecule has 0 amide bonds. The van der Waals surface area contributed by atoms with Crippen molar-refractivity contribution in [3.8, 4) is 0 Å². The van der Waals surface area contributed by atoms with Crippen molar-refractivity contribution in [2.75, 3.05) is 9.80 Å². The van der Waals surface area contributed by atoms with Crippen LogP contribution >= 0.6 is 0 Å². The molecule has 5 aromatic rings. The second-order valence-electron chi connectivity index (χ2n) is 25.8. The van der Waals surface area contributed by atoms with Crippen molar-refractivity contribution in [2.24, 2.45) is 0 Å². The molecule has 0 aromatic heterocycles. The standard InChI is InChI=1S/C60H75BN2/c1-35-27-50-53-51(28-35)63(48-32-42-40(29-36(48)2)56(9,10)23-24-57(42,11)12)47-21-19-38(54(4,5)6)30-44(47)61(53)45-31-41-43(60(17,18)34-59(41,15)16)33-49(45)62(50)46-22-20-39-52(37(46)3)58(13,14)26-25-55(39,7)8/h19-22,27-33H,23-26,34H2,1-18H3/i1D3. The monoisotopic (exact) mass is 838 g/mol. The summed E-state index contributed by atoms with van der Waals surface area (Å²) in [4.78, 5) is 5.01. The van der Waals surface area contributed by atoms with Gasteiger partial charge in [-0.25, -0.2) is 0 Å². The van der Waals surface area contributed by atoms with Gasteiger partial charge in [-0.2, -0.15) is 0 Å². The number of benzene rings is 5. The van der Waals surface area contributed by atoms with Crippen LogP contribution in [0, 0.1) is 20.7 Å². The fourth-order valence-corrected chi connectivity index (χ4v) is 13.7. The Morgan fingerprint density at radius 3 is 1.59 bits per heavy atom. The van der Waals surface area contributed by atoms with E-state index in [4.69, 9.17) is 0 Å². The lowest BCUT2D eigenvalue weighted by atomic mass is 9.33. The topological polar surface area (TPSA) is 6.48 Å². The molecular formula is C60H75BN2. The summed E-state index contributed by atoms with van der Waals surface area (Å²) in [5, 5.41) is 0. The molecule has 0 radical (unpaired) electrons. The molecule has 2 aliphatic heterocycles. The molecule has 0 bridgehead atoms. The molecule has 2 nitrogen and oxygen atoms in total. The van der Waals surface area contributed by atoms with Crippen molar-refractivity contribution >= 4 is 57.2 Å². The Morgan fingerprint density at radius 2 is 0.984 bits per heavy atom. The second-order valence-corrected chi connectivity index (χ2v) is 25.8. The van der Waals surface area contributed by atoms with E-state index in [1.807, 2.05) is 6.07 Å². The fourth-order valence-electron chi connectivity index (χ4n) is 13.7. The van der Waals surface area contributed by atoms with E-state index in [1.165, 1.54) is 72.1 Å². The summed E-state index contributed by atoms with van der Waals surface area (Å²) in [5.41, 5.74) is 23.1. The average molecular weight is 838 g/mol. The van der Waals surface area contributed by atoms with E-state index in [0.717, 1.165) is 60.5 Å². The van der Waals surface area contributed by atoms with Gasteiger partial charge in [0.1, 0.15) is 0 Å². The molecule has 0 spiro atoms. The van der Waals surface area contributed by atoms with E-state index < -0.39 is 6.85 Å². The van der Waals surface area contributed by atoms with E-state index in [0.29, 0.717) is 5.56 Å². The molecule has 3 heteroatoms. The zero-order chi connectivity index (χ0) is 48.0. The maximum Gasteiger partial charge on any atom is 0.252 e. The maximum absolute atomic E-state index is 9.18. The minimum atomic E-state index is -2.34. The average Bonchev–Trinajstić information content (AvgIpc) is 3.38. The Labute approximate surface area is 386 Å². The molecule has 0 atom stereocenters. The summed E-state index contributed by atoms with van der Waals surface area (Å²) in [7, 11) is 0. The number of rotatable bonds is 2. The molecule has 0 fully saturated rings. The van der Waals surface area contributed by atoms with Crippen molar-refractivity contribution in [1.29, 1.82) is 0 Å². The second kappa shape index (κ2) is 13.0. The van der Waals surface area contributed by atoms with Gasteiger partial charge in [-0.3, -0.25) is 0 Å². The van der Waals surface area contributed by atoms with Crippen LogP contribution in [-0.4, -0.2) is 6.71 Å². The van der Waals surface area contributed by atoms with Crippen molar-refractivity contribution in [1.82, 2.24) is 0 Å².